The smallest absolute Gasteiger partial charge is 0.107 e. The largest absolute Gasteiger partial charge is 0.387 e. The highest BCUT2D eigenvalue weighted by Gasteiger charge is 2.51. The van der Waals surface area contributed by atoms with Gasteiger partial charge >= 0.3 is 0 Å². The van der Waals surface area contributed by atoms with Crippen LogP contribution < -0.4 is 0 Å². The summed E-state index contributed by atoms with van der Waals surface area (Å²) < 4.78 is 1.57. The molecular weight excluding hydrogens is 332 g/mol. The molecule has 1 fully saturated rings. The number of aliphatic hydroxyl groups excluding tert-OH is 1. The number of thiophene rings is 1. The third-order valence-corrected chi connectivity index (χ3v) is 6.12. The summed E-state index contributed by atoms with van der Waals surface area (Å²) in [5.74, 6) is 0. The Morgan fingerprint density at radius 2 is 1.94 bits per heavy atom. The van der Waals surface area contributed by atoms with Crippen LogP contribution in [0.25, 0.3) is 0 Å². The highest BCUT2D eigenvalue weighted by Crippen LogP contribution is 2.57. The van der Waals surface area contributed by atoms with E-state index in [0.717, 1.165) is 22.2 Å². The van der Waals surface area contributed by atoms with E-state index in [1.54, 1.807) is 0 Å². The van der Waals surface area contributed by atoms with Crippen molar-refractivity contribution < 1.29 is 5.11 Å². The maximum atomic E-state index is 10.6. The zero-order chi connectivity index (χ0) is 12.8. The quantitative estimate of drug-likeness (QED) is 0.838. The van der Waals surface area contributed by atoms with Gasteiger partial charge in [-0.3, -0.25) is 0 Å². The maximum absolute atomic E-state index is 10.6. The van der Waals surface area contributed by atoms with Gasteiger partial charge < -0.3 is 5.11 Å². The summed E-state index contributed by atoms with van der Waals surface area (Å²) in [4.78, 5) is 0.938. The fraction of sp³-hybridized carbons (Fsp3) is 0.286. The topological polar surface area (TPSA) is 20.2 Å². The molecule has 1 aliphatic rings. The summed E-state index contributed by atoms with van der Waals surface area (Å²) in [6.45, 7) is 0. The van der Waals surface area contributed by atoms with Gasteiger partial charge in [-0.25, -0.2) is 0 Å². The molecule has 0 saturated heterocycles. The van der Waals surface area contributed by atoms with E-state index in [1.807, 2.05) is 24.3 Å². The van der Waals surface area contributed by atoms with Crippen LogP contribution in [-0.2, 0) is 5.41 Å². The van der Waals surface area contributed by atoms with Crippen molar-refractivity contribution in [2.75, 3.05) is 0 Å². The molecule has 1 N–H and O–H groups in total. The summed E-state index contributed by atoms with van der Waals surface area (Å²) in [6.07, 6.45) is 1.60. The van der Waals surface area contributed by atoms with E-state index in [9.17, 15) is 5.11 Å². The van der Waals surface area contributed by atoms with Gasteiger partial charge in [0, 0.05) is 14.8 Å². The SMILES string of the molecule is OC(c1cc(Br)c(Cl)s1)C1(c2ccccc2)CC1. The van der Waals surface area contributed by atoms with Crippen molar-refractivity contribution in [3.8, 4) is 0 Å². The molecule has 1 saturated carbocycles. The van der Waals surface area contributed by atoms with Crippen molar-refractivity contribution in [1.29, 1.82) is 0 Å². The van der Waals surface area contributed by atoms with Gasteiger partial charge in [0.15, 0.2) is 0 Å². The molecule has 0 bridgehead atoms. The lowest BCUT2D eigenvalue weighted by molar-refractivity contribution is 0.136. The minimum Gasteiger partial charge on any atom is -0.387 e. The van der Waals surface area contributed by atoms with Crippen molar-refractivity contribution in [1.82, 2.24) is 0 Å². The van der Waals surface area contributed by atoms with Crippen LogP contribution in [0.2, 0.25) is 4.34 Å². The Bertz CT molecular complexity index is 543. The van der Waals surface area contributed by atoms with Crippen molar-refractivity contribution in [2.24, 2.45) is 0 Å². The third-order valence-electron chi connectivity index (χ3n) is 3.59. The van der Waals surface area contributed by atoms with Gasteiger partial charge in [0.1, 0.15) is 4.34 Å². The Labute approximate surface area is 124 Å². The van der Waals surface area contributed by atoms with Gasteiger partial charge in [0.25, 0.3) is 0 Å². The van der Waals surface area contributed by atoms with Gasteiger partial charge in [-0.15, -0.1) is 11.3 Å². The molecule has 0 spiro atoms. The summed E-state index contributed by atoms with van der Waals surface area (Å²) in [5, 5.41) is 10.6. The van der Waals surface area contributed by atoms with Gasteiger partial charge in [0.05, 0.1) is 6.10 Å². The molecule has 1 unspecified atom stereocenters. The molecule has 1 aliphatic carbocycles. The second-order valence-corrected chi connectivity index (χ2v) is 7.24. The number of hydrogen-bond acceptors (Lipinski definition) is 2. The van der Waals surface area contributed by atoms with Crippen LogP contribution in [0.1, 0.15) is 29.4 Å². The molecule has 94 valence electrons. The van der Waals surface area contributed by atoms with Crippen LogP contribution in [-0.4, -0.2) is 5.11 Å². The number of benzene rings is 1. The minimum atomic E-state index is -0.464. The van der Waals surface area contributed by atoms with E-state index >= 15 is 0 Å². The molecule has 2 aromatic rings. The van der Waals surface area contributed by atoms with Crippen molar-refractivity contribution in [3.63, 3.8) is 0 Å². The van der Waals surface area contributed by atoms with E-state index in [0.29, 0.717) is 4.34 Å². The van der Waals surface area contributed by atoms with Crippen molar-refractivity contribution >= 4 is 38.9 Å². The molecule has 1 nitrogen and oxygen atoms in total. The molecular formula is C14H12BrClOS. The normalized spacial score (nSPS) is 18.6. The summed E-state index contributed by atoms with van der Waals surface area (Å²) in [7, 11) is 0. The van der Waals surface area contributed by atoms with E-state index in [-0.39, 0.29) is 5.41 Å². The highest BCUT2D eigenvalue weighted by molar-refractivity contribution is 9.10. The molecule has 0 aliphatic heterocycles. The number of rotatable bonds is 3. The highest BCUT2D eigenvalue weighted by atomic mass is 79.9. The lowest BCUT2D eigenvalue weighted by atomic mass is 9.89. The van der Waals surface area contributed by atoms with Crippen LogP contribution in [0.5, 0.6) is 0 Å². The lowest BCUT2D eigenvalue weighted by Crippen LogP contribution is -2.17. The van der Waals surface area contributed by atoms with Gasteiger partial charge in [0.2, 0.25) is 0 Å². The van der Waals surface area contributed by atoms with Crippen molar-refractivity contribution in [3.05, 3.63) is 55.6 Å². The van der Waals surface area contributed by atoms with E-state index in [4.69, 9.17) is 11.6 Å². The first-order valence-electron chi connectivity index (χ1n) is 5.82. The summed E-state index contributed by atoms with van der Waals surface area (Å²) in [5.41, 5.74) is 1.12. The molecule has 18 heavy (non-hydrogen) atoms. The Balaban J connectivity index is 1.95. The Hall–Kier alpha value is -0.350. The molecule has 1 atom stereocenters. The summed E-state index contributed by atoms with van der Waals surface area (Å²) >= 11 is 10.9. The van der Waals surface area contributed by atoms with Crippen LogP contribution >= 0.6 is 38.9 Å². The third kappa shape index (κ3) is 2.03. The fourth-order valence-electron chi connectivity index (χ4n) is 2.40. The monoisotopic (exact) mass is 342 g/mol. The zero-order valence-corrected chi connectivity index (χ0v) is 12.7. The standard InChI is InChI=1S/C14H12BrClOS/c15-10-8-11(18-13(10)16)12(17)14(6-7-14)9-4-2-1-3-5-9/h1-5,8,12,17H,6-7H2. The van der Waals surface area contributed by atoms with Crippen LogP contribution in [0.3, 0.4) is 0 Å². The summed E-state index contributed by atoms with van der Waals surface area (Å²) in [6, 6.07) is 12.2. The molecule has 1 heterocycles. The van der Waals surface area contributed by atoms with Crippen LogP contribution in [0.4, 0.5) is 0 Å². The first-order valence-corrected chi connectivity index (χ1v) is 7.80. The average Bonchev–Trinajstić information content (AvgIpc) is 3.13. The molecule has 0 radical (unpaired) electrons. The van der Waals surface area contributed by atoms with Crippen LogP contribution in [0, 0.1) is 0 Å². The zero-order valence-electron chi connectivity index (χ0n) is 9.57. The second kappa shape index (κ2) is 4.64. The first kappa shape index (κ1) is 12.7. The molecule has 3 rings (SSSR count). The Kier molecular flexibility index (Phi) is 3.27. The predicted octanol–water partition coefficient (Wildman–Crippen LogP) is 4.93. The van der Waals surface area contributed by atoms with Gasteiger partial charge in [-0.05, 0) is 40.4 Å². The minimum absolute atomic E-state index is 0.102. The van der Waals surface area contributed by atoms with E-state index in [1.165, 1.54) is 16.9 Å². The number of halogens is 2. The molecule has 1 aromatic carbocycles. The lowest BCUT2D eigenvalue weighted by Gasteiger charge is -2.21. The second-order valence-electron chi connectivity index (χ2n) is 4.70. The van der Waals surface area contributed by atoms with Gasteiger partial charge in [-0.2, -0.15) is 0 Å². The number of aliphatic hydroxyl groups is 1. The van der Waals surface area contributed by atoms with E-state index in [2.05, 4.69) is 28.1 Å². The Morgan fingerprint density at radius 3 is 2.44 bits per heavy atom. The van der Waals surface area contributed by atoms with E-state index < -0.39 is 6.10 Å². The number of hydrogen-bond donors (Lipinski definition) is 1. The predicted molar refractivity (Wildman–Crippen MR) is 79.3 cm³/mol. The molecule has 0 amide bonds. The molecule has 4 heteroatoms. The Morgan fingerprint density at radius 1 is 1.28 bits per heavy atom. The fourth-order valence-corrected chi connectivity index (χ4v) is 4.24. The van der Waals surface area contributed by atoms with Crippen LogP contribution in [0.15, 0.2) is 40.9 Å². The average molecular weight is 344 g/mol. The molecule has 1 aromatic heterocycles. The first-order chi connectivity index (χ1) is 8.63. The van der Waals surface area contributed by atoms with Gasteiger partial charge in [-0.1, -0.05) is 41.9 Å². The van der Waals surface area contributed by atoms with Crippen molar-refractivity contribution in [2.45, 2.75) is 24.4 Å². The maximum Gasteiger partial charge on any atom is 0.107 e.